The Balaban J connectivity index is 1.11. The second-order valence-corrected chi connectivity index (χ2v) is 18.4. The van der Waals surface area contributed by atoms with Gasteiger partial charge in [0.05, 0.1) is 61.1 Å². The van der Waals surface area contributed by atoms with Crippen molar-refractivity contribution in [1.82, 2.24) is 18.3 Å². The van der Waals surface area contributed by atoms with Crippen molar-refractivity contribution in [2.24, 2.45) is 0 Å². The van der Waals surface area contributed by atoms with E-state index in [9.17, 15) is 18.4 Å². The van der Waals surface area contributed by atoms with Crippen LogP contribution >= 0.6 is 0 Å². The van der Waals surface area contributed by atoms with Crippen LogP contribution in [0.4, 0.5) is 13.2 Å². The molecule has 0 N–H and O–H groups in total. The van der Waals surface area contributed by atoms with Crippen molar-refractivity contribution in [2.45, 2.75) is 13.1 Å². The maximum absolute atomic E-state index is 14.7. The van der Waals surface area contributed by atoms with E-state index in [1.165, 1.54) is 12.1 Å². The quantitative estimate of drug-likeness (QED) is 0.170. The van der Waals surface area contributed by atoms with Crippen LogP contribution in [0.1, 0.15) is 16.7 Å². The molecular weight excluding hydrogens is 884 g/mol. The highest BCUT2D eigenvalue weighted by atomic mass is 19.4. The van der Waals surface area contributed by atoms with Crippen molar-refractivity contribution in [3.8, 4) is 39.9 Å². The molecule has 0 aliphatic heterocycles. The average Bonchev–Trinajstić information content (AvgIpc) is 4.12. The Kier molecular flexibility index (Phi) is 8.65. The number of alkyl halides is 3. The van der Waals surface area contributed by atoms with Crippen molar-refractivity contribution < 1.29 is 13.2 Å². The van der Waals surface area contributed by atoms with Gasteiger partial charge in [0, 0.05) is 54.5 Å². The summed E-state index contributed by atoms with van der Waals surface area (Å²) >= 11 is 0. The first-order valence-corrected chi connectivity index (χ1v) is 23.6. The van der Waals surface area contributed by atoms with Crippen molar-refractivity contribution in [2.75, 3.05) is 0 Å². The van der Waals surface area contributed by atoms with Crippen molar-refractivity contribution >= 4 is 87.2 Å². The van der Waals surface area contributed by atoms with Gasteiger partial charge in [-0.1, -0.05) is 127 Å². The molecule has 0 spiro atoms. The van der Waals surface area contributed by atoms with Gasteiger partial charge in [0.2, 0.25) is 0 Å². The van der Waals surface area contributed by atoms with Crippen molar-refractivity contribution in [3.63, 3.8) is 0 Å². The van der Waals surface area contributed by atoms with Crippen molar-refractivity contribution in [3.05, 3.63) is 229 Å². The summed E-state index contributed by atoms with van der Waals surface area (Å²) in [5.41, 5.74) is 11.6. The molecule has 14 aromatic rings. The fourth-order valence-electron chi connectivity index (χ4n) is 11.5. The van der Waals surface area contributed by atoms with Gasteiger partial charge in [-0.05, 0) is 109 Å². The molecule has 0 aliphatic carbocycles. The Morgan fingerprint density at radius 1 is 0.352 bits per heavy atom. The molecule has 0 atom stereocenters. The molecule has 4 heterocycles. The molecule has 0 saturated carbocycles. The van der Waals surface area contributed by atoms with Gasteiger partial charge >= 0.3 is 6.18 Å². The summed E-state index contributed by atoms with van der Waals surface area (Å²) in [7, 11) is 0. The molecule has 0 saturated heterocycles. The Morgan fingerprint density at radius 2 is 0.676 bits per heavy atom. The Hall–Kier alpha value is -9.32. The normalized spacial score (nSPS) is 12.2. The van der Waals surface area contributed by atoms with Gasteiger partial charge < -0.3 is 18.3 Å². The highest BCUT2D eigenvalue weighted by Gasteiger charge is 2.32. The first kappa shape index (κ1) is 40.7. The van der Waals surface area contributed by atoms with Gasteiger partial charge in [-0.2, -0.15) is 18.4 Å². The lowest BCUT2D eigenvalue weighted by atomic mass is 9.96. The molecule has 8 heteroatoms. The number of para-hydroxylation sites is 6. The maximum Gasteiger partial charge on any atom is 0.416 e. The van der Waals surface area contributed by atoms with Crippen LogP contribution in [0.5, 0.6) is 0 Å². The van der Waals surface area contributed by atoms with Gasteiger partial charge in [0.25, 0.3) is 0 Å². The second-order valence-electron chi connectivity index (χ2n) is 18.4. The van der Waals surface area contributed by atoms with Gasteiger partial charge in [-0.3, -0.25) is 0 Å². The number of aryl methyl sites for hydroxylation is 1. The smallest absolute Gasteiger partial charge is 0.309 e. The summed E-state index contributed by atoms with van der Waals surface area (Å²) in [6.07, 6.45) is -4.58. The Labute approximate surface area is 404 Å². The lowest BCUT2D eigenvalue weighted by molar-refractivity contribution is -0.137. The molecule has 0 bridgehead atoms. The van der Waals surface area contributed by atoms with Crippen LogP contribution in [0.3, 0.4) is 0 Å². The molecule has 0 radical (unpaired) electrons. The largest absolute Gasteiger partial charge is 0.416 e. The number of aromatic nitrogens is 4. The van der Waals surface area contributed by atoms with E-state index in [-0.39, 0.29) is 0 Å². The summed E-state index contributed by atoms with van der Waals surface area (Å²) in [6.45, 7) is 1.69. The SMILES string of the molecule is Cc1cc(-c2cc(-n3c4ccccc4c4ccc(-n5c6ccccc6c6ccccc65)cc43)c(C#N)c(-n3c4ccccc4c4ccc(-n5c6ccccc6c6ccccc65)cc43)c2)cc(C(F)(F)F)c1. The van der Waals surface area contributed by atoms with E-state index in [4.69, 9.17) is 0 Å². The number of fused-ring (bicyclic) bond motifs is 12. The highest BCUT2D eigenvalue weighted by molar-refractivity contribution is 6.14. The fourth-order valence-corrected chi connectivity index (χ4v) is 11.5. The van der Waals surface area contributed by atoms with E-state index in [1.807, 2.05) is 36.4 Å². The molecule has 0 unspecified atom stereocenters. The molecule has 336 valence electrons. The molecule has 14 rings (SSSR count). The third kappa shape index (κ3) is 6.00. The molecule has 71 heavy (non-hydrogen) atoms. The predicted molar refractivity (Wildman–Crippen MR) is 284 cm³/mol. The number of halogens is 3. The van der Waals surface area contributed by atoms with E-state index < -0.39 is 11.7 Å². The van der Waals surface area contributed by atoms with Gasteiger partial charge in [-0.15, -0.1) is 0 Å². The van der Waals surface area contributed by atoms with Gasteiger partial charge in [0.15, 0.2) is 0 Å². The molecule has 4 aromatic heterocycles. The average molecular weight is 922 g/mol. The standard InChI is InChI=1S/C63H38F3N5/c1-38-30-39(32-41(31-38)63(64,65)66)40-33-59(70-57-24-12-6-18-48(57)50-28-26-42(35-61(50)70)68-53-20-8-2-14-44(53)45-15-3-9-21-54(45)68)52(37-67)60(34-40)71-58-25-13-7-19-49(58)51-29-27-43(36-62(51)71)69-55-22-10-4-16-46(55)47-17-5-11-23-56(47)69/h2-36H,1H3. The molecule has 5 nitrogen and oxygen atoms in total. The minimum Gasteiger partial charge on any atom is -0.309 e. The third-order valence-corrected chi connectivity index (χ3v) is 14.4. The number of nitriles is 1. The van der Waals surface area contributed by atoms with E-state index in [1.54, 1.807) is 13.0 Å². The van der Waals surface area contributed by atoms with E-state index in [0.29, 0.717) is 33.6 Å². The van der Waals surface area contributed by atoms with Crippen LogP contribution in [0.15, 0.2) is 212 Å². The van der Waals surface area contributed by atoms with Crippen molar-refractivity contribution in [1.29, 1.82) is 5.26 Å². The van der Waals surface area contributed by atoms with Gasteiger partial charge in [0.1, 0.15) is 11.6 Å². The minimum atomic E-state index is -4.58. The number of benzene rings is 10. The zero-order valence-electron chi connectivity index (χ0n) is 38.1. The number of rotatable bonds is 5. The van der Waals surface area contributed by atoms with E-state index >= 15 is 0 Å². The molecule has 0 aliphatic rings. The predicted octanol–water partition coefficient (Wildman–Crippen LogP) is 16.9. The summed E-state index contributed by atoms with van der Waals surface area (Å²) in [5.74, 6) is 0. The number of hydrogen-bond donors (Lipinski definition) is 0. The molecule has 0 fully saturated rings. The highest BCUT2D eigenvalue weighted by Crippen LogP contribution is 2.44. The fraction of sp³-hybridized carbons (Fsp3) is 0.0317. The zero-order chi connectivity index (χ0) is 47.7. The Morgan fingerprint density at radius 3 is 1.03 bits per heavy atom. The number of hydrogen-bond acceptors (Lipinski definition) is 1. The van der Waals surface area contributed by atoms with Crippen LogP contribution in [0, 0.1) is 18.3 Å². The topological polar surface area (TPSA) is 43.5 Å². The first-order chi connectivity index (χ1) is 34.7. The Bertz CT molecular complexity index is 4250. The van der Waals surface area contributed by atoms with Crippen LogP contribution in [0.2, 0.25) is 0 Å². The zero-order valence-corrected chi connectivity index (χ0v) is 38.1. The van der Waals surface area contributed by atoms with E-state index in [0.717, 1.165) is 98.6 Å². The monoisotopic (exact) mass is 921 g/mol. The summed E-state index contributed by atoms with van der Waals surface area (Å²) in [6, 6.07) is 73.4. The lowest BCUT2D eigenvalue weighted by Gasteiger charge is -2.19. The molecule has 0 amide bonds. The maximum atomic E-state index is 14.7. The van der Waals surface area contributed by atoms with Crippen LogP contribution in [0.25, 0.3) is 121 Å². The van der Waals surface area contributed by atoms with E-state index in [2.05, 4.69) is 182 Å². The summed E-state index contributed by atoms with van der Waals surface area (Å²) in [5, 5.41) is 20.2. The van der Waals surface area contributed by atoms with Crippen LogP contribution in [-0.2, 0) is 6.18 Å². The summed E-state index contributed by atoms with van der Waals surface area (Å²) < 4.78 is 53.0. The minimum absolute atomic E-state index is 0.368. The summed E-state index contributed by atoms with van der Waals surface area (Å²) in [4.78, 5) is 0. The molecule has 10 aromatic carbocycles. The third-order valence-electron chi connectivity index (χ3n) is 14.4. The van der Waals surface area contributed by atoms with Gasteiger partial charge in [-0.25, -0.2) is 0 Å². The van der Waals surface area contributed by atoms with Crippen LogP contribution in [-0.4, -0.2) is 18.3 Å². The number of nitrogens with zero attached hydrogens (tertiary/aromatic N) is 5. The second kappa shape index (κ2) is 15.1. The van der Waals surface area contributed by atoms with Crippen LogP contribution < -0.4 is 0 Å². The molecular formula is C63H38F3N5. The first-order valence-electron chi connectivity index (χ1n) is 23.6. The lowest BCUT2D eigenvalue weighted by Crippen LogP contribution is -2.07.